The molecule has 0 radical (unpaired) electrons. The van der Waals surface area contributed by atoms with E-state index in [9.17, 15) is 9.59 Å². The zero-order valence-corrected chi connectivity index (χ0v) is 19.7. The highest BCUT2D eigenvalue weighted by molar-refractivity contribution is 6.00. The van der Waals surface area contributed by atoms with Crippen LogP contribution in [0.3, 0.4) is 0 Å². The Kier molecular flexibility index (Phi) is 7.73. The fourth-order valence-corrected chi connectivity index (χ4v) is 3.59. The largest absolute Gasteiger partial charge is 0.489 e. The number of ether oxygens (including phenoxy) is 1. The zero-order valence-electron chi connectivity index (χ0n) is 19.7. The van der Waals surface area contributed by atoms with Crippen molar-refractivity contribution in [3.8, 4) is 17.6 Å². The Morgan fingerprint density at radius 3 is 2.72 bits per heavy atom. The molecule has 36 heavy (non-hydrogen) atoms. The molecule has 4 rings (SSSR count). The van der Waals surface area contributed by atoms with E-state index in [1.54, 1.807) is 25.4 Å². The van der Waals surface area contributed by atoms with Gasteiger partial charge in [0.15, 0.2) is 0 Å². The normalized spacial score (nSPS) is 14.9. The SMILES string of the molecule is CN1C(=O)[C@@H](NC(=O)N/C=C(\C=N)Cc2ccccc2)COc2ccc(C#Cc3ccccn3)cc21. The van der Waals surface area contributed by atoms with Crippen LogP contribution in [0.25, 0.3) is 0 Å². The lowest BCUT2D eigenvalue weighted by Gasteiger charge is -2.20. The molecule has 8 heteroatoms. The van der Waals surface area contributed by atoms with E-state index in [1.165, 1.54) is 17.3 Å². The molecule has 1 aliphatic heterocycles. The second-order valence-electron chi connectivity index (χ2n) is 8.05. The summed E-state index contributed by atoms with van der Waals surface area (Å²) in [4.78, 5) is 31.2. The lowest BCUT2D eigenvalue weighted by Crippen LogP contribution is -2.51. The number of hydrogen-bond acceptors (Lipinski definition) is 5. The third kappa shape index (κ3) is 6.15. The number of likely N-dealkylation sites (N-methyl/N-ethyl adjacent to an activating group) is 1. The van der Waals surface area contributed by atoms with Crippen LogP contribution in [0.5, 0.6) is 5.75 Å². The summed E-state index contributed by atoms with van der Waals surface area (Å²) in [6, 6.07) is 19.0. The van der Waals surface area contributed by atoms with Crippen LogP contribution in [0.1, 0.15) is 16.8 Å². The van der Waals surface area contributed by atoms with E-state index in [2.05, 4.69) is 27.5 Å². The molecule has 3 aromatic rings. The molecule has 0 saturated carbocycles. The molecule has 1 aliphatic rings. The number of anilines is 1. The van der Waals surface area contributed by atoms with Gasteiger partial charge in [0.2, 0.25) is 0 Å². The predicted molar refractivity (Wildman–Crippen MR) is 138 cm³/mol. The summed E-state index contributed by atoms with van der Waals surface area (Å²) >= 11 is 0. The summed E-state index contributed by atoms with van der Waals surface area (Å²) in [5, 5.41) is 12.9. The highest BCUT2D eigenvalue weighted by atomic mass is 16.5. The molecule has 2 aromatic carbocycles. The van der Waals surface area contributed by atoms with Crippen molar-refractivity contribution in [3.63, 3.8) is 0 Å². The van der Waals surface area contributed by atoms with E-state index < -0.39 is 12.1 Å². The summed E-state index contributed by atoms with van der Waals surface area (Å²) in [5.41, 5.74) is 3.54. The first kappa shape index (κ1) is 24.2. The van der Waals surface area contributed by atoms with Gasteiger partial charge in [0.05, 0.1) is 5.69 Å². The topological polar surface area (TPSA) is 107 Å². The van der Waals surface area contributed by atoms with Gasteiger partial charge in [-0.25, -0.2) is 9.78 Å². The lowest BCUT2D eigenvalue weighted by molar-refractivity contribution is -0.120. The summed E-state index contributed by atoms with van der Waals surface area (Å²) in [5.74, 6) is 6.25. The van der Waals surface area contributed by atoms with Crippen LogP contribution in [-0.2, 0) is 11.2 Å². The molecule has 0 bridgehead atoms. The average molecular weight is 480 g/mol. The van der Waals surface area contributed by atoms with Gasteiger partial charge in [0, 0.05) is 37.6 Å². The van der Waals surface area contributed by atoms with Crippen molar-refractivity contribution in [2.24, 2.45) is 0 Å². The highest BCUT2D eigenvalue weighted by Crippen LogP contribution is 2.31. The maximum absolute atomic E-state index is 13.1. The molecule has 0 fully saturated rings. The van der Waals surface area contributed by atoms with Crippen LogP contribution >= 0.6 is 0 Å². The Morgan fingerprint density at radius 1 is 1.17 bits per heavy atom. The van der Waals surface area contributed by atoms with Gasteiger partial charge in [-0.15, -0.1) is 0 Å². The smallest absolute Gasteiger partial charge is 0.319 e. The third-order valence-electron chi connectivity index (χ3n) is 5.48. The van der Waals surface area contributed by atoms with Crippen LogP contribution in [0.4, 0.5) is 10.5 Å². The molecule has 180 valence electrons. The van der Waals surface area contributed by atoms with Crippen LogP contribution in [0.15, 0.2) is 84.7 Å². The van der Waals surface area contributed by atoms with Crippen molar-refractivity contribution in [2.75, 3.05) is 18.6 Å². The number of rotatable bonds is 5. The number of amides is 3. The van der Waals surface area contributed by atoms with Gasteiger partial charge in [-0.1, -0.05) is 42.3 Å². The highest BCUT2D eigenvalue weighted by Gasteiger charge is 2.30. The number of carbonyl (C=O) groups excluding carboxylic acids is 2. The van der Waals surface area contributed by atoms with Crippen LogP contribution in [0.2, 0.25) is 0 Å². The van der Waals surface area contributed by atoms with Gasteiger partial charge in [0.1, 0.15) is 24.1 Å². The minimum Gasteiger partial charge on any atom is -0.489 e. The minimum atomic E-state index is -0.892. The molecule has 0 aliphatic carbocycles. The summed E-state index contributed by atoms with van der Waals surface area (Å²) in [7, 11) is 1.63. The molecule has 0 unspecified atom stereocenters. The maximum atomic E-state index is 13.1. The van der Waals surface area contributed by atoms with E-state index in [0.29, 0.717) is 34.7 Å². The molecular weight excluding hydrogens is 454 g/mol. The van der Waals surface area contributed by atoms with Crippen molar-refractivity contribution >= 4 is 23.8 Å². The minimum absolute atomic E-state index is 0.0201. The fourth-order valence-electron chi connectivity index (χ4n) is 3.59. The number of benzene rings is 2. The van der Waals surface area contributed by atoms with Crippen molar-refractivity contribution in [2.45, 2.75) is 12.5 Å². The first-order valence-electron chi connectivity index (χ1n) is 11.3. The molecule has 0 saturated heterocycles. The van der Waals surface area contributed by atoms with Gasteiger partial charge in [-0.3, -0.25) is 4.79 Å². The van der Waals surface area contributed by atoms with Gasteiger partial charge in [0.25, 0.3) is 5.91 Å². The maximum Gasteiger partial charge on any atom is 0.319 e. The number of nitrogens with one attached hydrogen (secondary N) is 3. The number of nitrogens with zero attached hydrogens (tertiary/aromatic N) is 2. The molecule has 3 N–H and O–H groups in total. The Hall–Kier alpha value is -4.90. The Labute approximate surface area is 209 Å². The van der Waals surface area contributed by atoms with Crippen molar-refractivity contribution < 1.29 is 14.3 Å². The molecule has 1 atom stereocenters. The Balaban J connectivity index is 1.41. The van der Waals surface area contributed by atoms with Gasteiger partial charge in [-0.2, -0.15) is 0 Å². The lowest BCUT2D eigenvalue weighted by atomic mass is 10.1. The van der Waals surface area contributed by atoms with Crippen molar-refractivity contribution in [3.05, 3.63) is 102 Å². The quantitative estimate of drug-likeness (QED) is 0.386. The molecule has 8 nitrogen and oxygen atoms in total. The predicted octanol–water partition coefficient (Wildman–Crippen LogP) is 3.28. The van der Waals surface area contributed by atoms with Crippen LogP contribution < -0.4 is 20.3 Å². The van der Waals surface area contributed by atoms with E-state index in [-0.39, 0.29) is 12.5 Å². The van der Waals surface area contributed by atoms with Crippen LogP contribution in [-0.4, -0.2) is 42.8 Å². The summed E-state index contributed by atoms with van der Waals surface area (Å²) in [6.07, 6.45) is 4.82. The second-order valence-corrected chi connectivity index (χ2v) is 8.05. The van der Waals surface area contributed by atoms with Gasteiger partial charge in [-0.05, 0) is 47.4 Å². The first-order valence-corrected chi connectivity index (χ1v) is 11.3. The van der Waals surface area contributed by atoms with E-state index in [0.717, 1.165) is 5.56 Å². The first-order chi connectivity index (χ1) is 17.5. The molecule has 3 amide bonds. The van der Waals surface area contributed by atoms with E-state index in [1.807, 2.05) is 54.6 Å². The molecule has 0 spiro atoms. The van der Waals surface area contributed by atoms with Crippen molar-refractivity contribution in [1.29, 1.82) is 5.41 Å². The molecule has 2 heterocycles. The number of allylic oxidation sites excluding steroid dienone is 1. The fraction of sp³-hybridized carbons (Fsp3) is 0.143. The van der Waals surface area contributed by atoms with Gasteiger partial charge < -0.3 is 25.7 Å². The Morgan fingerprint density at radius 2 is 1.97 bits per heavy atom. The summed E-state index contributed by atoms with van der Waals surface area (Å²) in [6.45, 7) is -0.0201. The average Bonchev–Trinajstić information content (AvgIpc) is 3.03. The monoisotopic (exact) mass is 479 g/mol. The number of hydrogen-bond donors (Lipinski definition) is 3. The molecule has 1 aromatic heterocycles. The number of carbonyl (C=O) groups is 2. The second kappa shape index (κ2) is 11.5. The van der Waals surface area contributed by atoms with Crippen molar-refractivity contribution in [1.82, 2.24) is 15.6 Å². The number of fused-ring (bicyclic) bond motifs is 1. The van der Waals surface area contributed by atoms with Crippen LogP contribution in [0, 0.1) is 17.3 Å². The van der Waals surface area contributed by atoms with E-state index in [4.69, 9.17) is 10.1 Å². The summed E-state index contributed by atoms with van der Waals surface area (Å²) < 4.78 is 5.83. The number of aromatic nitrogens is 1. The Bertz CT molecular complexity index is 1340. The third-order valence-corrected chi connectivity index (χ3v) is 5.48. The number of pyridine rings is 1. The standard InChI is InChI=1S/C28H25N5O3/c1-33-25-16-21(10-12-23-9-5-6-14-30-23)11-13-26(25)36-19-24(27(33)34)32-28(35)31-18-22(17-29)15-20-7-3-2-4-8-20/h2-9,11,13-14,16-18,24,29H,15,19H2,1H3,(H2,31,32,35)/b22-18-,29-17?/t24-/m0/s1. The van der Waals surface area contributed by atoms with Gasteiger partial charge >= 0.3 is 6.03 Å². The zero-order chi connectivity index (χ0) is 25.3. The molecular formula is C28H25N5O3. The number of urea groups is 1. The van der Waals surface area contributed by atoms with E-state index >= 15 is 0 Å².